The van der Waals surface area contributed by atoms with E-state index in [9.17, 15) is 4.79 Å². The summed E-state index contributed by atoms with van der Waals surface area (Å²) in [5, 5.41) is 11.1. The average Bonchev–Trinajstić information content (AvgIpc) is 2.97. The third-order valence-corrected chi connectivity index (χ3v) is 3.89. The summed E-state index contributed by atoms with van der Waals surface area (Å²) in [5.41, 5.74) is 1.36. The van der Waals surface area contributed by atoms with Gasteiger partial charge in [-0.05, 0) is 42.9 Å². The third kappa shape index (κ3) is 2.56. The Hall–Kier alpha value is -1.60. The van der Waals surface area contributed by atoms with Crippen molar-refractivity contribution in [3.8, 4) is 6.07 Å². The minimum Gasteiger partial charge on any atom is -0.338 e. The van der Waals surface area contributed by atoms with E-state index in [2.05, 4.69) is 0 Å². The quantitative estimate of drug-likeness (QED) is 0.594. The van der Waals surface area contributed by atoms with E-state index in [0.717, 1.165) is 36.4 Å². The standard InChI is InChI=1S/C13H14N2OS/c1-10-4-7-17-12(10)8-11(9-14)13(16)15-5-2-3-6-15/h4,7-8H,2-3,5-6H2,1H3/b11-8+. The van der Waals surface area contributed by atoms with Crippen molar-refractivity contribution in [3.05, 3.63) is 27.5 Å². The molecule has 88 valence electrons. The lowest BCUT2D eigenvalue weighted by Gasteiger charge is -2.13. The zero-order valence-electron chi connectivity index (χ0n) is 9.77. The van der Waals surface area contributed by atoms with Crippen LogP contribution in [0.3, 0.4) is 0 Å². The number of likely N-dealkylation sites (tertiary alicyclic amines) is 1. The molecular formula is C13H14N2OS. The van der Waals surface area contributed by atoms with Crippen LogP contribution in [0.1, 0.15) is 23.3 Å². The normalized spacial score (nSPS) is 16.0. The Balaban J connectivity index is 2.22. The molecule has 2 heterocycles. The van der Waals surface area contributed by atoms with Gasteiger partial charge in [0.15, 0.2) is 0 Å². The van der Waals surface area contributed by atoms with Gasteiger partial charge in [-0.15, -0.1) is 11.3 Å². The Labute approximate surface area is 105 Å². The molecule has 0 radical (unpaired) electrons. The van der Waals surface area contributed by atoms with E-state index in [0.29, 0.717) is 0 Å². The molecule has 3 nitrogen and oxygen atoms in total. The fourth-order valence-corrected chi connectivity index (χ4v) is 2.75. The molecule has 0 aliphatic carbocycles. The van der Waals surface area contributed by atoms with E-state index >= 15 is 0 Å². The summed E-state index contributed by atoms with van der Waals surface area (Å²) >= 11 is 1.55. The molecule has 1 aliphatic heterocycles. The molecule has 1 fully saturated rings. The zero-order valence-corrected chi connectivity index (χ0v) is 10.6. The van der Waals surface area contributed by atoms with E-state index in [4.69, 9.17) is 5.26 Å². The molecule has 1 saturated heterocycles. The van der Waals surface area contributed by atoms with Crippen LogP contribution in [0.2, 0.25) is 0 Å². The lowest BCUT2D eigenvalue weighted by molar-refractivity contribution is -0.125. The van der Waals surface area contributed by atoms with Crippen molar-refractivity contribution in [1.29, 1.82) is 5.26 Å². The second kappa shape index (κ2) is 5.15. The predicted octanol–water partition coefficient (Wildman–Crippen LogP) is 2.59. The highest BCUT2D eigenvalue weighted by atomic mass is 32.1. The fraction of sp³-hybridized carbons (Fsp3) is 0.385. The Morgan fingerprint density at radius 1 is 1.53 bits per heavy atom. The number of nitriles is 1. The minimum atomic E-state index is -0.127. The Kier molecular flexibility index (Phi) is 3.60. The lowest BCUT2D eigenvalue weighted by Crippen LogP contribution is -2.28. The predicted molar refractivity (Wildman–Crippen MR) is 68.5 cm³/mol. The molecule has 0 N–H and O–H groups in total. The van der Waals surface area contributed by atoms with Crippen LogP contribution in [-0.4, -0.2) is 23.9 Å². The maximum atomic E-state index is 12.1. The van der Waals surface area contributed by atoms with Crippen LogP contribution in [0, 0.1) is 18.3 Å². The number of aryl methyl sites for hydroxylation is 1. The highest BCUT2D eigenvalue weighted by molar-refractivity contribution is 7.11. The maximum absolute atomic E-state index is 12.1. The first-order chi connectivity index (χ1) is 8.22. The van der Waals surface area contributed by atoms with Gasteiger partial charge < -0.3 is 4.90 Å². The molecule has 1 aromatic heterocycles. The summed E-state index contributed by atoms with van der Waals surface area (Å²) < 4.78 is 0. The highest BCUT2D eigenvalue weighted by Gasteiger charge is 2.21. The molecule has 17 heavy (non-hydrogen) atoms. The highest BCUT2D eigenvalue weighted by Crippen LogP contribution is 2.20. The maximum Gasteiger partial charge on any atom is 0.264 e. The Morgan fingerprint density at radius 2 is 2.24 bits per heavy atom. The van der Waals surface area contributed by atoms with Gasteiger partial charge in [-0.3, -0.25) is 4.79 Å². The minimum absolute atomic E-state index is 0.127. The van der Waals surface area contributed by atoms with E-state index in [1.54, 1.807) is 22.3 Å². The molecule has 0 unspecified atom stereocenters. The van der Waals surface area contributed by atoms with Gasteiger partial charge in [0.25, 0.3) is 5.91 Å². The van der Waals surface area contributed by atoms with Gasteiger partial charge in [-0.1, -0.05) is 0 Å². The summed E-state index contributed by atoms with van der Waals surface area (Å²) in [7, 11) is 0. The van der Waals surface area contributed by atoms with Crippen molar-refractivity contribution in [2.24, 2.45) is 0 Å². The number of rotatable bonds is 2. The molecule has 1 aromatic rings. The van der Waals surface area contributed by atoms with E-state index < -0.39 is 0 Å². The Bertz CT molecular complexity index is 490. The summed E-state index contributed by atoms with van der Waals surface area (Å²) in [6.45, 7) is 3.54. The van der Waals surface area contributed by atoms with Gasteiger partial charge in [0.05, 0.1) is 0 Å². The summed E-state index contributed by atoms with van der Waals surface area (Å²) in [6, 6.07) is 4.01. The van der Waals surface area contributed by atoms with Crippen LogP contribution in [0.25, 0.3) is 6.08 Å². The summed E-state index contributed by atoms with van der Waals surface area (Å²) in [5.74, 6) is -0.127. The molecule has 0 spiro atoms. The molecule has 0 atom stereocenters. The number of carbonyl (C=O) groups excluding carboxylic acids is 1. The average molecular weight is 246 g/mol. The lowest BCUT2D eigenvalue weighted by atomic mass is 10.2. The van der Waals surface area contributed by atoms with Crippen molar-refractivity contribution in [3.63, 3.8) is 0 Å². The fourth-order valence-electron chi connectivity index (χ4n) is 1.90. The number of hydrogen-bond acceptors (Lipinski definition) is 3. The van der Waals surface area contributed by atoms with Crippen LogP contribution in [-0.2, 0) is 4.79 Å². The number of thiophene rings is 1. The van der Waals surface area contributed by atoms with Gasteiger partial charge in [0.2, 0.25) is 0 Å². The number of amides is 1. The van der Waals surface area contributed by atoms with Crippen molar-refractivity contribution in [2.45, 2.75) is 19.8 Å². The summed E-state index contributed by atoms with van der Waals surface area (Å²) in [6.07, 6.45) is 3.80. The molecule has 0 bridgehead atoms. The SMILES string of the molecule is Cc1ccsc1/C=C(\C#N)C(=O)N1CCCC1. The summed E-state index contributed by atoms with van der Waals surface area (Å²) in [4.78, 5) is 14.8. The number of nitrogens with zero attached hydrogens (tertiary/aromatic N) is 2. The van der Waals surface area contributed by atoms with Crippen LogP contribution >= 0.6 is 11.3 Å². The first-order valence-corrected chi connectivity index (χ1v) is 6.55. The largest absolute Gasteiger partial charge is 0.338 e. The van der Waals surface area contributed by atoms with Crippen molar-refractivity contribution < 1.29 is 4.79 Å². The van der Waals surface area contributed by atoms with Crippen molar-refractivity contribution in [1.82, 2.24) is 4.90 Å². The molecule has 0 aromatic carbocycles. The van der Waals surface area contributed by atoms with Gasteiger partial charge >= 0.3 is 0 Å². The molecular weight excluding hydrogens is 232 g/mol. The number of hydrogen-bond donors (Lipinski definition) is 0. The van der Waals surface area contributed by atoms with Gasteiger partial charge in [0, 0.05) is 18.0 Å². The van der Waals surface area contributed by atoms with Gasteiger partial charge in [-0.2, -0.15) is 5.26 Å². The van der Waals surface area contributed by atoms with Crippen LogP contribution < -0.4 is 0 Å². The van der Waals surface area contributed by atoms with Crippen molar-refractivity contribution in [2.75, 3.05) is 13.1 Å². The van der Waals surface area contributed by atoms with E-state index in [1.165, 1.54) is 0 Å². The van der Waals surface area contributed by atoms with E-state index in [-0.39, 0.29) is 11.5 Å². The van der Waals surface area contributed by atoms with Gasteiger partial charge in [-0.25, -0.2) is 0 Å². The second-order valence-electron chi connectivity index (χ2n) is 4.14. The molecule has 1 aliphatic rings. The second-order valence-corrected chi connectivity index (χ2v) is 5.08. The zero-order chi connectivity index (χ0) is 12.3. The third-order valence-electron chi connectivity index (χ3n) is 2.92. The molecule has 2 rings (SSSR count). The molecule has 1 amide bonds. The topological polar surface area (TPSA) is 44.1 Å². The molecule has 4 heteroatoms. The monoisotopic (exact) mass is 246 g/mol. The molecule has 0 saturated carbocycles. The Morgan fingerprint density at radius 3 is 2.76 bits per heavy atom. The van der Waals surface area contributed by atoms with Crippen molar-refractivity contribution >= 4 is 23.3 Å². The van der Waals surface area contributed by atoms with Crippen LogP contribution in [0.4, 0.5) is 0 Å². The first kappa shape index (κ1) is 11.9. The van der Waals surface area contributed by atoms with E-state index in [1.807, 2.05) is 24.4 Å². The first-order valence-electron chi connectivity index (χ1n) is 5.67. The van der Waals surface area contributed by atoms with Crippen LogP contribution in [0.15, 0.2) is 17.0 Å². The van der Waals surface area contributed by atoms with Gasteiger partial charge in [0.1, 0.15) is 11.6 Å². The van der Waals surface area contributed by atoms with Crippen LogP contribution in [0.5, 0.6) is 0 Å². The number of carbonyl (C=O) groups is 1. The smallest absolute Gasteiger partial charge is 0.264 e.